The highest BCUT2D eigenvalue weighted by molar-refractivity contribution is 6.30. The van der Waals surface area contributed by atoms with Crippen LogP contribution < -0.4 is 9.64 Å². The molecule has 1 atom stereocenters. The van der Waals surface area contributed by atoms with Crippen molar-refractivity contribution in [3.63, 3.8) is 0 Å². The second-order valence-corrected chi connectivity index (χ2v) is 7.83. The molecular weight excluding hydrogens is 421 g/mol. The first-order chi connectivity index (χ1) is 14.9. The van der Waals surface area contributed by atoms with Gasteiger partial charge in [0.1, 0.15) is 17.0 Å². The zero-order chi connectivity index (χ0) is 22.4. The van der Waals surface area contributed by atoms with Gasteiger partial charge in [-0.2, -0.15) is 5.26 Å². The van der Waals surface area contributed by atoms with Gasteiger partial charge >= 0.3 is 5.97 Å². The monoisotopic (exact) mass is 445 g/mol. The molecule has 0 fully saturated rings. The minimum absolute atomic E-state index is 0.0126. The Morgan fingerprint density at radius 3 is 2.97 bits per heavy atom. The Morgan fingerprint density at radius 1 is 1.42 bits per heavy atom. The lowest BCUT2D eigenvalue weighted by Gasteiger charge is -2.19. The number of nitrogens with zero attached hydrogens (tertiary/aromatic N) is 3. The molecule has 1 aromatic heterocycles. The van der Waals surface area contributed by atoms with Gasteiger partial charge in [-0.25, -0.2) is 9.37 Å². The number of rotatable bonds is 9. The molecule has 3 rings (SSSR count). The number of anilines is 1. The van der Waals surface area contributed by atoms with Crippen LogP contribution in [-0.4, -0.2) is 37.8 Å². The number of carbonyl (C=O) groups excluding carboxylic acids is 1. The predicted octanol–water partition coefficient (Wildman–Crippen LogP) is 4.63. The number of fused-ring (bicyclic) bond motifs is 1. The summed E-state index contributed by atoms with van der Waals surface area (Å²) in [7, 11) is 1.72. The van der Waals surface area contributed by atoms with Crippen LogP contribution in [0.15, 0.2) is 24.3 Å². The molecule has 1 aliphatic rings. The van der Waals surface area contributed by atoms with Crippen molar-refractivity contribution in [2.45, 2.75) is 38.5 Å². The van der Waals surface area contributed by atoms with E-state index >= 15 is 0 Å². The first-order valence-electron chi connectivity index (χ1n) is 10.3. The van der Waals surface area contributed by atoms with E-state index in [0.29, 0.717) is 32.6 Å². The number of aromatic nitrogens is 1. The Kier molecular flexibility index (Phi) is 7.69. The zero-order valence-electron chi connectivity index (χ0n) is 17.7. The van der Waals surface area contributed by atoms with E-state index in [1.807, 2.05) is 31.2 Å². The molecule has 0 radical (unpaired) electrons. The summed E-state index contributed by atoms with van der Waals surface area (Å²) in [5.74, 6) is 0.358. The van der Waals surface area contributed by atoms with E-state index in [-0.39, 0.29) is 28.4 Å². The summed E-state index contributed by atoms with van der Waals surface area (Å²) in [6, 6.07) is 8.90. The van der Waals surface area contributed by atoms with Crippen molar-refractivity contribution in [1.29, 1.82) is 5.26 Å². The minimum atomic E-state index is -0.583. The maximum atomic E-state index is 14.1. The number of carbonyl (C=O) groups is 1. The van der Waals surface area contributed by atoms with E-state index in [1.54, 1.807) is 11.9 Å². The lowest BCUT2D eigenvalue weighted by molar-refractivity contribution is -0.143. The Bertz CT molecular complexity index is 993. The maximum absolute atomic E-state index is 14.1. The molecule has 164 valence electrons. The van der Waals surface area contributed by atoms with Crippen LogP contribution in [0.1, 0.15) is 48.8 Å². The first kappa shape index (κ1) is 22.8. The van der Waals surface area contributed by atoms with Gasteiger partial charge in [-0.05, 0) is 61.4 Å². The fourth-order valence-electron chi connectivity index (χ4n) is 3.81. The van der Waals surface area contributed by atoms with Crippen LogP contribution in [0.5, 0.6) is 5.75 Å². The second-order valence-electron chi connectivity index (χ2n) is 7.47. The van der Waals surface area contributed by atoms with Crippen LogP contribution in [0, 0.1) is 17.1 Å². The van der Waals surface area contributed by atoms with E-state index in [1.165, 1.54) is 11.1 Å². The standard InChI is InChI=1S/C23H25ClFN3O3/c1-3-30-21(29)13-16-6-5-15-11-18(7-8-19(15)16)31-10-4-9-28(2)23-20(25)12-17(14-26)22(24)27-23/h7-8,11-12,16H,3-6,9-10,13H2,1-2H3/t16-/m0/s1. The van der Waals surface area contributed by atoms with Crippen LogP contribution in [0.4, 0.5) is 10.2 Å². The molecule has 0 spiro atoms. The molecule has 0 aliphatic heterocycles. The van der Waals surface area contributed by atoms with Gasteiger partial charge in [0.2, 0.25) is 0 Å². The smallest absolute Gasteiger partial charge is 0.306 e. The van der Waals surface area contributed by atoms with Gasteiger partial charge in [-0.15, -0.1) is 0 Å². The molecule has 0 bridgehead atoms. The van der Waals surface area contributed by atoms with Crippen molar-refractivity contribution >= 4 is 23.4 Å². The third kappa shape index (κ3) is 5.65. The minimum Gasteiger partial charge on any atom is -0.494 e. The largest absolute Gasteiger partial charge is 0.494 e. The van der Waals surface area contributed by atoms with E-state index in [4.69, 9.17) is 26.3 Å². The highest BCUT2D eigenvalue weighted by atomic mass is 35.5. The molecular formula is C23H25ClFN3O3. The van der Waals surface area contributed by atoms with Gasteiger partial charge in [0.15, 0.2) is 11.6 Å². The van der Waals surface area contributed by atoms with Gasteiger partial charge in [-0.3, -0.25) is 4.79 Å². The quantitative estimate of drug-likeness (QED) is 0.318. The van der Waals surface area contributed by atoms with Crippen molar-refractivity contribution in [3.8, 4) is 11.8 Å². The third-order valence-corrected chi connectivity index (χ3v) is 5.62. The number of ether oxygens (including phenoxy) is 2. The van der Waals surface area contributed by atoms with Crippen LogP contribution in [-0.2, 0) is 16.0 Å². The fourth-order valence-corrected chi connectivity index (χ4v) is 3.98. The van der Waals surface area contributed by atoms with Gasteiger partial charge in [-0.1, -0.05) is 17.7 Å². The average molecular weight is 446 g/mol. The van der Waals surface area contributed by atoms with Crippen LogP contribution in [0.25, 0.3) is 0 Å². The van der Waals surface area contributed by atoms with Crippen LogP contribution >= 0.6 is 11.6 Å². The van der Waals surface area contributed by atoms with Crippen LogP contribution in [0.3, 0.4) is 0 Å². The lowest BCUT2D eigenvalue weighted by atomic mass is 9.98. The molecule has 6 nitrogen and oxygen atoms in total. The number of nitriles is 1. The lowest BCUT2D eigenvalue weighted by Crippen LogP contribution is -2.23. The number of halogens is 2. The Hall–Kier alpha value is -2.85. The normalized spacial score (nSPS) is 14.6. The molecule has 1 heterocycles. The van der Waals surface area contributed by atoms with E-state index in [0.717, 1.165) is 24.7 Å². The second kappa shape index (κ2) is 10.5. The first-order valence-corrected chi connectivity index (χ1v) is 10.7. The van der Waals surface area contributed by atoms with E-state index in [2.05, 4.69) is 4.98 Å². The van der Waals surface area contributed by atoms with Crippen molar-refractivity contribution in [3.05, 3.63) is 51.9 Å². The summed E-state index contributed by atoms with van der Waals surface area (Å²) >= 11 is 5.91. The summed E-state index contributed by atoms with van der Waals surface area (Å²) in [4.78, 5) is 17.4. The number of hydrogen-bond acceptors (Lipinski definition) is 6. The summed E-state index contributed by atoms with van der Waals surface area (Å²) in [6.45, 7) is 3.19. The molecule has 31 heavy (non-hydrogen) atoms. The zero-order valence-corrected chi connectivity index (χ0v) is 18.4. The van der Waals surface area contributed by atoms with Gasteiger partial charge in [0.05, 0.1) is 25.2 Å². The highest BCUT2D eigenvalue weighted by Gasteiger charge is 2.25. The average Bonchev–Trinajstić information content (AvgIpc) is 3.14. The highest BCUT2D eigenvalue weighted by Crippen LogP contribution is 2.37. The van der Waals surface area contributed by atoms with Crippen molar-refractivity contribution < 1.29 is 18.7 Å². The SMILES string of the molecule is CCOC(=O)C[C@@H]1CCc2cc(OCCCN(C)c3nc(Cl)c(C#N)cc3F)ccc21. The molecule has 0 amide bonds. The summed E-state index contributed by atoms with van der Waals surface area (Å²) in [5, 5.41) is 8.88. The molecule has 0 saturated heterocycles. The summed E-state index contributed by atoms with van der Waals surface area (Å²) in [5.41, 5.74) is 2.42. The van der Waals surface area contributed by atoms with E-state index < -0.39 is 5.82 Å². The van der Waals surface area contributed by atoms with Gasteiger partial charge in [0, 0.05) is 13.6 Å². The number of aryl methyl sites for hydroxylation is 1. The van der Waals surface area contributed by atoms with Crippen molar-refractivity contribution in [2.75, 3.05) is 31.7 Å². The number of benzene rings is 1. The number of hydrogen-bond donors (Lipinski definition) is 0. The van der Waals surface area contributed by atoms with Gasteiger partial charge in [0.25, 0.3) is 0 Å². The third-order valence-electron chi connectivity index (χ3n) is 5.33. The Labute approximate surface area is 186 Å². The molecule has 0 N–H and O–H groups in total. The Morgan fingerprint density at radius 2 is 2.23 bits per heavy atom. The molecule has 8 heteroatoms. The Balaban J connectivity index is 1.50. The number of pyridine rings is 1. The number of esters is 1. The maximum Gasteiger partial charge on any atom is 0.306 e. The molecule has 1 aliphatic carbocycles. The van der Waals surface area contributed by atoms with Gasteiger partial charge < -0.3 is 14.4 Å². The van der Waals surface area contributed by atoms with Crippen molar-refractivity contribution in [2.24, 2.45) is 0 Å². The molecule has 2 aromatic rings. The summed E-state index contributed by atoms with van der Waals surface area (Å²) < 4.78 is 25.1. The van der Waals surface area contributed by atoms with Crippen LogP contribution in [0.2, 0.25) is 5.15 Å². The van der Waals surface area contributed by atoms with E-state index in [9.17, 15) is 9.18 Å². The topological polar surface area (TPSA) is 75.5 Å². The predicted molar refractivity (Wildman–Crippen MR) is 116 cm³/mol. The summed E-state index contributed by atoms with van der Waals surface area (Å²) in [6.07, 6.45) is 2.92. The molecule has 1 aromatic carbocycles. The van der Waals surface area contributed by atoms with Crippen molar-refractivity contribution in [1.82, 2.24) is 4.98 Å². The molecule has 0 unspecified atom stereocenters. The fraction of sp³-hybridized carbons (Fsp3) is 0.435. The molecule has 0 saturated carbocycles.